The van der Waals surface area contributed by atoms with Crippen molar-refractivity contribution in [1.82, 2.24) is 24.7 Å². The van der Waals surface area contributed by atoms with Crippen LogP contribution in [0.5, 0.6) is 0 Å². The van der Waals surface area contributed by atoms with E-state index < -0.39 is 6.17 Å². The quantitative estimate of drug-likeness (QED) is 0.664. The van der Waals surface area contributed by atoms with Crippen LogP contribution < -0.4 is 9.80 Å². The van der Waals surface area contributed by atoms with Crippen LogP contribution in [0.1, 0.15) is 41.7 Å². The number of nitrogens with zero attached hydrogens (tertiary/aromatic N) is 7. The largest absolute Gasteiger partial charge is 0.352 e. The minimum Gasteiger partial charge on any atom is -0.352 e. The molecule has 0 aliphatic carbocycles. The predicted octanol–water partition coefficient (Wildman–Crippen LogP) is 2.94. The Morgan fingerprint density at radius 1 is 1.07 bits per heavy atom. The zero-order chi connectivity index (χ0) is 20.5. The topological polar surface area (TPSA) is 80.0 Å². The van der Waals surface area contributed by atoms with Gasteiger partial charge in [-0.1, -0.05) is 12.8 Å². The highest BCUT2D eigenvalue weighted by atomic mass is 19.1. The van der Waals surface area contributed by atoms with E-state index in [1.54, 1.807) is 46.6 Å². The van der Waals surface area contributed by atoms with Gasteiger partial charge in [-0.15, -0.1) is 0 Å². The number of carbonyl (C=O) groups is 1. The number of alkyl halides is 1. The summed E-state index contributed by atoms with van der Waals surface area (Å²) in [6.07, 6.45) is 11.1. The minimum atomic E-state index is -0.838. The molecule has 3 aromatic rings. The van der Waals surface area contributed by atoms with Crippen LogP contribution in [0.15, 0.2) is 43.1 Å². The molecule has 5 heterocycles. The Kier molecular flexibility index (Phi) is 4.86. The van der Waals surface area contributed by atoms with Crippen molar-refractivity contribution in [2.75, 3.05) is 22.9 Å². The summed E-state index contributed by atoms with van der Waals surface area (Å²) in [7, 11) is 0. The minimum absolute atomic E-state index is 0.108. The summed E-state index contributed by atoms with van der Waals surface area (Å²) in [4.78, 5) is 29.4. The maximum atomic E-state index is 14.0. The molecule has 0 saturated carbocycles. The summed E-state index contributed by atoms with van der Waals surface area (Å²) >= 11 is 0. The summed E-state index contributed by atoms with van der Waals surface area (Å²) in [5.41, 5.74) is 1.99. The van der Waals surface area contributed by atoms with Crippen LogP contribution in [-0.2, 0) is 6.54 Å². The highest BCUT2D eigenvalue weighted by Crippen LogP contribution is 2.27. The van der Waals surface area contributed by atoms with E-state index in [1.807, 2.05) is 11.0 Å². The molecular weight excluding hydrogens is 385 g/mol. The van der Waals surface area contributed by atoms with Crippen LogP contribution in [0.2, 0.25) is 0 Å². The van der Waals surface area contributed by atoms with Crippen LogP contribution in [0.4, 0.5) is 15.9 Å². The number of hydrogen-bond acceptors (Lipinski definition) is 6. The third-order valence-electron chi connectivity index (χ3n) is 5.58. The lowest BCUT2D eigenvalue weighted by Crippen LogP contribution is -2.33. The van der Waals surface area contributed by atoms with Gasteiger partial charge in [0.15, 0.2) is 5.82 Å². The summed E-state index contributed by atoms with van der Waals surface area (Å²) < 4.78 is 15.6. The number of halogens is 1. The van der Waals surface area contributed by atoms with E-state index in [0.29, 0.717) is 42.4 Å². The fraction of sp³-hybridized carbons (Fsp3) is 0.381. The number of rotatable bonds is 3. The number of carbonyl (C=O) groups excluding carboxylic acids is 1. The van der Waals surface area contributed by atoms with Crippen molar-refractivity contribution in [3.8, 4) is 5.82 Å². The van der Waals surface area contributed by atoms with E-state index in [0.717, 1.165) is 31.5 Å². The highest BCUT2D eigenvalue weighted by molar-refractivity contribution is 6.09. The number of aromatic nitrogens is 5. The van der Waals surface area contributed by atoms with Gasteiger partial charge < -0.3 is 9.80 Å². The first-order chi connectivity index (χ1) is 14.7. The monoisotopic (exact) mass is 407 g/mol. The first-order valence-electron chi connectivity index (χ1n) is 10.2. The molecule has 1 fully saturated rings. The van der Waals surface area contributed by atoms with Gasteiger partial charge in [-0.2, -0.15) is 5.10 Å². The van der Waals surface area contributed by atoms with Gasteiger partial charge in [0.2, 0.25) is 0 Å². The third kappa shape index (κ3) is 3.51. The van der Waals surface area contributed by atoms with Crippen molar-refractivity contribution in [2.45, 2.75) is 38.4 Å². The number of hydrogen-bond donors (Lipinski definition) is 0. The smallest absolute Gasteiger partial charge is 0.262 e. The average Bonchev–Trinajstić information content (AvgIpc) is 3.31. The number of pyridine rings is 1. The molecule has 9 heteroatoms. The Labute approximate surface area is 173 Å². The molecule has 0 N–H and O–H groups in total. The van der Waals surface area contributed by atoms with Gasteiger partial charge >= 0.3 is 0 Å². The molecule has 0 bridgehead atoms. The fourth-order valence-electron chi connectivity index (χ4n) is 3.98. The summed E-state index contributed by atoms with van der Waals surface area (Å²) in [6, 6.07) is 3.65. The lowest BCUT2D eigenvalue weighted by molar-refractivity contribution is 0.0996. The van der Waals surface area contributed by atoms with E-state index in [1.165, 1.54) is 0 Å². The molecule has 8 nitrogen and oxygen atoms in total. The Morgan fingerprint density at radius 3 is 2.70 bits per heavy atom. The van der Waals surface area contributed by atoms with E-state index >= 15 is 0 Å². The van der Waals surface area contributed by atoms with Crippen LogP contribution in [0, 0.1) is 0 Å². The molecule has 0 spiro atoms. The lowest BCUT2D eigenvalue weighted by Gasteiger charge is -2.27. The second-order valence-corrected chi connectivity index (χ2v) is 7.66. The van der Waals surface area contributed by atoms with Crippen molar-refractivity contribution < 1.29 is 9.18 Å². The lowest BCUT2D eigenvalue weighted by atomic mass is 10.1. The molecule has 2 aliphatic heterocycles. The van der Waals surface area contributed by atoms with Gasteiger partial charge in [0.1, 0.15) is 12.0 Å². The number of anilines is 2. The standard InChI is InChI=1S/C21H22FN7O/c22-15-5-2-1-3-8-27(12-15)19-10-25-20(11-24-19)29-13-17-18(26-29)14-28(21(17)30)16-6-4-7-23-9-16/h4,6-7,9-11,13,15H,1-3,5,8,12,14H2. The van der Waals surface area contributed by atoms with Gasteiger partial charge in [0, 0.05) is 18.9 Å². The number of fused-ring (bicyclic) bond motifs is 1. The fourth-order valence-corrected chi connectivity index (χ4v) is 3.98. The Morgan fingerprint density at radius 2 is 1.93 bits per heavy atom. The summed E-state index contributed by atoms with van der Waals surface area (Å²) in [6.45, 7) is 1.52. The van der Waals surface area contributed by atoms with Crippen LogP contribution in [-0.4, -0.2) is 49.9 Å². The van der Waals surface area contributed by atoms with Crippen molar-refractivity contribution in [3.05, 3.63) is 54.4 Å². The van der Waals surface area contributed by atoms with E-state index in [2.05, 4.69) is 20.1 Å². The maximum absolute atomic E-state index is 14.0. The molecule has 0 aromatic carbocycles. The van der Waals surface area contributed by atoms with Gasteiger partial charge in [-0.25, -0.2) is 19.0 Å². The summed E-state index contributed by atoms with van der Waals surface area (Å²) in [5.74, 6) is 1.09. The molecule has 154 valence electrons. The molecule has 5 rings (SSSR count). The van der Waals surface area contributed by atoms with Crippen molar-refractivity contribution in [3.63, 3.8) is 0 Å². The molecule has 30 heavy (non-hydrogen) atoms. The van der Waals surface area contributed by atoms with Gasteiger partial charge in [-0.3, -0.25) is 9.78 Å². The van der Waals surface area contributed by atoms with E-state index in [-0.39, 0.29) is 5.91 Å². The van der Waals surface area contributed by atoms with Crippen LogP contribution in [0.3, 0.4) is 0 Å². The van der Waals surface area contributed by atoms with Gasteiger partial charge in [0.05, 0.1) is 48.6 Å². The highest BCUT2D eigenvalue weighted by Gasteiger charge is 2.32. The second-order valence-electron chi connectivity index (χ2n) is 7.66. The molecule has 1 atom stereocenters. The molecule has 3 aromatic heterocycles. The zero-order valence-electron chi connectivity index (χ0n) is 16.5. The van der Waals surface area contributed by atoms with Crippen LogP contribution in [0.25, 0.3) is 5.82 Å². The third-order valence-corrected chi connectivity index (χ3v) is 5.58. The predicted molar refractivity (Wildman–Crippen MR) is 109 cm³/mol. The Balaban J connectivity index is 1.33. The number of amides is 1. The second kappa shape index (κ2) is 7.81. The first kappa shape index (κ1) is 18.7. The van der Waals surface area contributed by atoms with Crippen molar-refractivity contribution >= 4 is 17.4 Å². The molecule has 0 radical (unpaired) electrons. The van der Waals surface area contributed by atoms with Crippen molar-refractivity contribution in [2.24, 2.45) is 0 Å². The Hall–Kier alpha value is -3.36. The summed E-state index contributed by atoms with van der Waals surface area (Å²) in [5, 5.41) is 4.53. The van der Waals surface area contributed by atoms with E-state index in [9.17, 15) is 9.18 Å². The SMILES string of the molecule is O=C1c2cn(-c3cnc(N4CCCCCC(F)C4)cn3)nc2CN1c1cccnc1. The molecule has 2 aliphatic rings. The van der Waals surface area contributed by atoms with E-state index in [4.69, 9.17) is 0 Å². The first-order valence-corrected chi connectivity index (χ1v) is 10.2. The molecule has 1 amide bonds. The molecule has 1 saturated heterocycles. The molecular formula is C21H22FN7O. The van der Waals surface area contributed by atoms with Crippen molar-refractivity contribution in [1.29, 1.82) is 0 Å². The Bertz CT molecular complexity index is 1040. The normalized spacial score (nSPS) is 19.5. The maximum Gasteiger partial charge on any atom is 0.262 e. The molecule has 1 unspecified atom stereocenters. The van der Waals surface area contributed by atoms with Crippen LogP contribution >= 0.6 is 0 Å². The van der Waals surface area contributed by atoms with Gasteiger partial charge in [-0.05, 0) is 25.0 Å². The zero-order valence-corrected chi connectivity index (χ0v) is 16.5. The van der Waals surface area contributed by atoms with Gasteiger partial charge in [0.25, 0.3) is 5.91 Å². The average molecular weight is 407 g/mol.